The molecule has 0 bridgehead atoms. The summed E-state index contributed by atoms with van der Waals surface area (Å²) >= 11 is 13.1. The highest BCUT2D eigenvalue weighted by molar-refractivity contribution is 6.34. The van der Waals surface area contributed by atoms with Crippen LogP contribution in [0.25, 0.3) is 33.8 Å². The van der Waals surface area contributed by atoms with Gasteiger partial charge in [-0.15, -0.1) is 0 Å². The molecular formula is C22H23Cl2N5O2. The molecule has 0 radical (unpaired) electrons. The Morgan fingerprint density at radius 2 is 1.90 bits per heavy atom. The van der Waals surface area contributed by atoms with Gasteiger partial charge in [-0.05, 0) is 12.1 Å². The van der Waals surface area contributed by atoms with Gasteiger partial charge in [0.25, 0.3) is 0 Å². The van der Waals surface area contributed by atoms with E-state index in [0.29, 0.717) is 44.2 Å². The van der Waals surface area contributed by atoms with Gasteiger partial charge in [-0.25, -0.2) is 9.97 Å². The molecule has 0 spiro atoms. The van der Waals surface area contributed by atoms with E-state index in [-0.39, 0.29) is 18.6 Å². The molecule has 162 valence electrons. The van der Waals surface area contributed by atoms with Crippen molar-refractivity contribution < 1.29 is 9.84 Å². The van der Waals surface area contributed by atoms with Crippen LogP contribution < -0.4 is 4.74 Å². The maximum atomic E-state index is 9.23. The van der Waals surface area contributed by atoms with E-state index in [1.54, 1.807) is 10.7 Å². The number of imidazole rings is 1. The van der Waals surface area contributed by atoms with Crippen LogP contribution in [-0.4, -0.2) is 43.1 Å². The zero-order chi connectivity index (χ0) is 22.3. The number of rotatable bonds is 5. The normalized spacial score (nSPS) is 12.0. The van der Waals surface area contributed by atoms with Gasteiger partial charge in [-0.1, -0.05) is 62.2 Å². The van der Waals surface area contributed by atoms with Gasteiger partial charge in [0.2, 0.25) is 5.88 Å². The maximum absolute atomic E-state index is 9.23. The lowest BCUT2D eigenvalue weighted by atomic mass is 9.92. The van der Waals surface area contributed by atoms with Crippen molar-refractivity contribution in [2.45, 2.75) is 26.2 Å². The van der Waals surface area contributed by atoms with Gasteiger partial charge in [0.15, 0.2) is 11.3 Å². The van der Waals surface area contributed by atoms with Crippen LogP contribution in [0, 0.1) is 0 Å². The quantitative estimate of drug-likeness (QED) is 0.438. The highest BCUT2D eigenvalue weighted by Gasteiger charge is 2.27. The molecule has 0 amide bonds. The summed E-state index contributed by atoms with van der Waals surface area (Å²) < 4.78 is 7.42. The second-order valence-corrected chi connectivity index (χ2v) is 9.02. The average Bonchev–Trinajstić information content (AvgIpc) is 3.26. The number of benzene rings is 1. The van der Waals surface area contributed by atoms with E-state index < -0.39 is 0 Å². The van der Waals surface area contributed by atoms with Crippen molar-refractivity contribution in [3.8, 4) is 28.7 Å². The molecule has 3 heterocycles. The van der Waals surface area contributed by atoms with Gasteiger partial charge < -0.3 is 14.8 Å². The molecule has 0 aliphatic rings. The summed E-state index contributed by atoms with van der Waals surface area (Å²) in [6.07, 6.45) is 0. The Hall–Kier alpha value is -2.61. The summed E-state index contributed by atoms with van der Waals surface area (Å²) in [5, 5.41) is 15.0. The number of halogens is 2. The molecule has 31 heavy (non-hydrogen) atoms. The summed E-state index contributed by atoms with van der Waals surface area (Å²) in [5.41, 5.74) is 3.90. The van der Waals surface area contributed by atoms with Crippen LogP contribution in [0.2, 0.25) is 10.0 Å². The molecule has 4 aromatic rings. The van der Waals surface area contributed by atoms with Crippen LogP contribution in [-0.2, 0) is 12.5 Å². The van der Waals surface area contributed by atoms with Crippen molar-refractivity contribution in [1.82, 2.24) is 24.7 Å². The van der Waals surface area contributed by atoms with Crippen molar-refractivity contribution in [3.63, 3.8) is 0 Å². The number of hydrogen-bond donors (Lipinski definition) is 2. The molecule has 0 aliphatic carbocycles. The van der Waals surface area contributed by atoms with Gasteiger partial charge in [-0.2, -0.15) is 5.10 Å². The van der Waals surface area contributed by atoms with Crippen molar-refractivity contribution in [3.05, 3.63) is 46.1 Å². The number of aromatic amines is 1. The summed E-state index contributed by atoms with van der Waals surface area (Å²) in [6.45, 7) is 6.13. The summed E-state index contributed by atoms with van der Waals surface area (Å²) in [6, 6.07) is 9.31. The minimum Gasteiger partial charge on any atom is -0.474 e. The van der Waals surface area contributed by atoms with Crippen molar-refractivity contribution in [2.75, 3.05) is 13.2 Å². The highest BCUT2D eigenvalue weighted by atomic mass is 35.5. The Morgan fingerprint density at radius 1 is 1.16 bits per heavy atom. The van der Waals surface area contributed by atoms with Crippen LogP contribution in [0.5, 0.6) is 5.88 Å². The number of aliphatic hydroxyl groups excluding tert-OH is 1. The molecule has 3 aromatic heterocycles. The zero-order valence-corrected chi connectivity index (χ0v) is 19.2. The lowest BCUT2D eigenvalue weighted by Crippen LogP contribution is -2.12. The fourth-order valence-electron chi connectivity index (χ4n) is 3.38. The summed E-state index contributed by atoms with van der Waals surface area (Å²) in [4.78, 5) is 12.6. The van der Waals surface area contributed by atoms with Gasteiger partial charge in [0.1, 0.15) is 12.3 Å². The molecule has 0 saturated carbocycles. The predicted molar refractivity (Wildman–Crippen MR) is 123 cm³/mol. The van der Waals surface area contributed by atoms with Crippen LogP contribution in [0.15, 0.2) is 30.3 Å². The minimum absolute atomic E-state index is 0.0942. The first kappa shape index (κ1) is 21.6. The highest BCUT2D eigenvalue weighted by Crippen LogP contribution is 2.38. The molecule has 0 atom stereocenters. The molecule has 2 N–H and O–H groups in total. The molecule has 1 aromatic carbocycles. The van der Waals surface area contributed by atoms with Gasteiger partial charge in [-0.3, -0.25) is 4.68 Å². The van der Waals surface area contributed by atoms with Crippen LogP contribution >= 0.6 is 23.2 Å². The van der Waals surface area contributed by atoms with Gasteiger partial charge in [0, 0.05) is 23.0 Å². The molecule has 9 heteroatoms. The van der Waals surface area contributed by atoms with Gasteiger partial charge in [0.05, 0.1) is 28.5 Å². The van der Waals surface area contributed by atoms with Crippen LogP contribution in [0.1, 0.15) is 26.5 Å². The van der Waals surface area contributed by atoms with E-state index in [1.807, 2.05) is 31.3 Å². The Morgan fingerprint density at radius 3 is 2.55 bits per heavy atom. The number of aryl methyl sites for hydroxylation is 1. The number of aliphatic hydroxyl groups is 1. The van der Waals surface area contributed by atoms with E-state index >= 15 is 0 Å². The van der Waals surface area contributed by atoms with E-state index in [9.17, 15) is 5.11 Å². The number of nitrogens with one attached hydrogen (secondary N) is 1. The fraction of sp³-hybridized carbons (Fsp3) is 0.318. The standard InChI is InChI=1S/C22H23Cl2N5O2/c1-22(2,3)19-16(24)18(29(4)28-19)20-25-15-11-14(12-7-5-6-8-13(12)23)26-21(17(15)27-20)31-10-9-30/h5-8,11,30H,9-10H2,1-4H3,(H,25,27). The van der Waals surface area contributed by atoms with Crippen LogP contribution in [0.3, 0.4) is 0 Å². The van der Waals surface area contributed by atoms with Crippen molar-refractivity contribution in [2.24, 2.45) is 7.05 Å². The number of hydrogen-bond acceptors (Lipinski definition) is 5. The predicted octanol–water partition coefficient (Wildman–Crippen LogP) is 5.00. The Balaban J connectivity index is 1.91. The monoisotopic (exact) mass is 459 g/mol. The Bertz CT molecular complexity index is 1260. The number of nitrogens with zero attached hydrogens (tertiary/aromatic N) is 4. The number of ether oxygens (including phenoxy) is 1. The van der Waals surface area contributed by atoms with Crippen molar-refractivity contribution in [1.29, 1.82) is 0 Å². The topological polar surface area (TPSA) is 88.8 Å². The van der Waals surface area contributed by atoms with Crippen LogP contribution in [0.4, 0.5) is 0 Å². The lowest BCUT2D eigenvalue weighted by molar-refractivity contribution is 0.198. The third-order valence-corrected chi connectivity index (χ3v) is 5.53. The maximum Gasteiger partial charge on any atom is 0.242 e. The van der Waals surface area contributed by atoms with Crippen molar-refractivity contribution >= 4 is 34.2 Å². The number of aromatic nitrogens is 5. The molecule has 0 aliphatic heterocycles. The summed E-state index contributed by atoms with van der Waals surface area (Å²) in [5.74, 6) is 0.857. The molecule has 4 rings (SSSR count). The summed E-state index contributed by atoms with van der Waals surface area (Å²) in [7, 11) is 1.83. The molecular weight excluding hydrogens is 437 g/mol. The smallest absolute Gasteiger partial charge is 0.242 e. The number of fused-ring (bicyclic) bond motifs is 1. The third kappa shape index (κ3) is 4.01. The first-order chi connectivity index (χ1) is 14.7. The second-order valence-electron chi connectivity index (χ2n) is 8.23. The fourth-order valence-corrected chi connectivity index (χ4v) is 4.15. The first-order valence-corrected chi connectivity index (χ1v) is 10.6. The molecule has 0 saturated heterocycles. The first-order valence-electron chi connectivity index (χ1n) is 9.83. The number of pyridine rings is 1. The SMILES string of the molecule is Cn1nc(C(C)(C)C)c(Cl)c1-c1nc2c(OCCO)nc(-c3ccccc3Cl)cc2[nH]1. The van der Waals surface area contributed by atoms with E-state index in [2.05, 4.69) is 35.8 Å². The molecule has 0 fully saturated rings. The van der Waals surface area contributed by atoms with E-state index in [4.69, 9.17) is 32.9 Å². The number of H-pyrrole nitrogens is 1. The molecule has 0 unspecified atom stereocenters. The third-order valence-electron chi connectivity index (χ3n) is 4.84. The average molecular weight is 460 g/mol. The minimum atomic E-state index is -0.215. The lowest BCUT2D eigenvalue weighted by Gasteiger charge is -2.15. The molecule has 7 nitrogen and oxygen atoms in total. The van der Waals surface area contributed by atoms with Gasteiger partial charge >= 0.3 is 0 Å². The Kier molecular flexibility index (Phi) is 5.68. The second kappa shape index (κ2) is 8.15. The van der Waals surface area contributed by atoms with E-state index in [0.717, 1.165) is 11.3 Å². The Labute approximate surface area is 190 Å². The largest absolute Gasteiger partial charge is 0.474 e. The zero-order valence-electron chi connectivity index (χ0n) is 17.7. The van der Waals surface area contributed by atoms with E-state index in [1.165, 1.54) is 0 Å².